The number of nitrogens with one attached hydrogen (secondary N) is 1. The van der Waals surface area contributed by atoms with Gasteiger partial charge in [0.05, 0.1) is 5.56 Å². The van der Waals surface area contributed by atoms with Gasteiger partial charge in [-0.1, -0.05) is 49.4 Å². The Morgan fingerprint density at radius 1 is 1.04 bits per heavy atom. The Morgan fingerprint density at radius 3 is 2.27 bits per heavy atom. The van der Waals surface area contributed by atoms with E-state index in [9.17, 15) is 19.2 Å². The van der Waals surface area contributed by atoms with E-state index in [-0.39, 0.29) is 12.0 Å². The predicted molar refractivity (Wildman–Crippen MR) is 97.3 cm³/mol. The summed E-state index contributed by atoms with van der Waals surface area (Å²) in [5, 5.41) is 2.16. The first kappa shape index (κ1) is 18.0. The van der Waals surface area contributed by atoms with E-state index in [1.165, 1.54) is 6.07 Å². The van der Waals surface area contributed by atoms with Crippen LogP contribution in [-0.4, -0.2) is 28.7 Å². The summed E-state index contributed by atoms with van der Waals surface area (Å²) in [5.74, 6) is -2.36. The first-order valence-electron chi connectivity index (χ1n) is 7.97. The molecule has 0 aliphatic carbocycles. The maximum Gasteiger partial charge on any atom is 0.338 e. The Kier molecular flexibility index (Phi) is 4.73. The smallest absolute Gasteiger partial charge is 0.276 e. The van der Waals surface area contributed by atoms with Gasteiger partial charge in [0.15, 0.2) is 5.41 Å². The zero-order valence-corrected chi connectivity index (χ0v) is 15.4. The molecule has 1 heterocycles. The van der Waals surface area contributed by atoms with E-state index < -0.39 is 29.2 Å². The Labute approximate surface area is 158 Å². The van der Waals surface area contributed by atoms with Gasteiger partial charge in [0.1, 0.15) is 0 Å². The van der Waals surface area contributed by atoms with Crippen LogP contribution in [0.25, 0.3) is 0 Å². The summed E-state index contributed by atoms with van der Waals surface area (Å²) in [7, 11) is 0. The molecular weight excluding hydrogens is 400 g/mol. The fourth-order valence-corrected chi connectivity index (χ4v) is 3.53. The van der Waals surface area contributed by atoms with Gasteiger partial charge in [0.2, 0.25) is 5.91 Å². The number of benzene rings is 2. The van der Waals surface area contributed by atoms with Crippen molar-refractivity contribution in [3.8, 4) is 0 Å². The molecule has 6 nitrogen and oxygen atoms in total. The van der Waals surface area contributed by atoms with E-state index in [0.29, 0.717) is 14.9 Å². The van der Waals surface area contributed by atoms with E-state index in [0.717, 1.165) is 0 Å². The van der Waals surface area contributed by atoms with Crippen LogP contribution in [0.5, 0.6) is 0 Å². The molecule has 1 N–H and O–H groups in total. The maximum absolute atomic E-state index is 13.2. The van der Waals surface area contributed by atoms with Crippen molar-refractivity contribution >= 4 is 39.7 Å². The zero-order chi connectivity index (χ0) is 18.9. The van der Waals surface area contributed by atoms with E-state index in [2.05, 4.69) is 21.2 Å². The highest BCUT2D eigenvalue weighted by atomic mass is 79.9. The van der Waals surface area contributed by atoms with Crippen molar-refractivity contribution in [2.24, 2.45) is 0 Å². The molecular formula is C19H15BrN2O4. The Hall–Kier alpha value is -2.80. The van der Waals surface area contributed by atoms with Crippen LogP contribution in [-0.2, 0) is 15.0 Å². The summed E-state index contributed by atoms with van der Waals surface area (Å²) in [6.07, 6.45) is 0.106. The van der Waals surface area contributed by atoms with Gasteiger partial charge in [0, 0.05) is 4.47 Å². The molecule has 1 atom stereocenters. The summed E-state index contributed by atoms with van der Waals surface area (Å²) in [6.45, 7) is 1.67. The highest BCUT2D eigenvalue weighted by molar-refractivity contribution is 9.10. The number of carbonyl (C=O) groups excluding carboxylic acids is 4. The van der Waals surface area contributed by atoms with Crippen molar-refractivity contribution in [2.45, 2.75) is 18.8 Å². The van der Waals surface area contributed by atoms with Gasteiger partial charge in [-0.3, -0.25) is 19.7 Å². The lowest BCUT2D eigenvalue weighted by Crippen LogP contribution is -2.67. The van der Waals surface area contributed by atoms with E-state index >= 15 is 0 Å². The van der Waals surface area contributed by atoms with Crippen molar-refractivity contribution in [2.75, 3.05) is 0 Å². The second kappa shape index (κ2) is 6.84. The minimum Gasteiger partial charge on any atom is -0.276 e. The summed E-state index contributed by atoms with van der Waals surface area (Å²) in [5.41, 5.74) is -1.04. The molecule has 0 spiro atoms. The van der Waals surface area contributed by atoms with Crippen LogP contribution in [0.3, 0.4) is 0 Å². The number of halogens is 1. The number of imide groups is 4. The van der Waals surface area contributed by atoms with Crippen molar-refractivity contribution in [1.82, 2.24) is 10.2 Å². The normalized spacial score (nSPS) is 20.1. The molecule has 0 radical (unpaired) electrons. The minimum absolute atomic E-state index is 0.106. The average Bonchev–Trinajstić information content (AvgIpc) is 2.63. The second-order valence-corrected chi connectivity index (χ2v) is 6.66. The van der Waals surface area contributed by atoms with Crippen LogP contribution in [0.2, 0.25) is 0 Å². The number of nitrogens with zero attached hydrogens (tertiary/aromatic N) is 1. The SMILES string of the molecule is CCC1(c2ccccc2)C(=O)NC(=O)N(C(=O)c2ccccc2Br)C1=O. The number of carbonyl (C=O) groups is 4. The van der Waals surface area contributed by atoms with Crippen LogP contribution in [0.1, 0.15) is 29.3 Å². The number of rotatable bonds is 3. The highest BCUT2D eigenvalue weighted by Gasteiger charge is 2.55. The van der Waals surface area contributed by atoms with Crippen LogP contribution < -0.4 is 5.32 Å². The molecule has 1 fully saturated rings. The molecule has 1 saturated heterocycles. The fraction of sp³-hybridized carbons (Fsp3) is 0.158. The lowest BCUT2D eigenvalue weighted by molar-refractivity contribution is -0.143. The lowest BCUT2D eigenvalue weighted by Gasteiger charge is -2.38. The van der Waals surface area contributed by atoms with E-state index in [1.807, 2.05) is 0 Å². The molecule has 1 unspecified atom stereocenters. The summed E-state index contributed by atoms with van der Waals surface area (Å²) in [6, 6.07) is 13.9. The molecule has 0 saturated carbocycles. The average molecular weight is 415 g/mol. The van der Waals surface area contributed by atoms with Gasteiger partial charge in [-0.25, -0.2) is 4.79 Å². The molecule has 1 aliphatic rings. The maximum atomic E-state index is 13.2. The topological polar surface area (TPSA) is 83.6 Å². The van der Waals surface area contributed by atoms with Crippen molar-refractivity contribution in [1.29, 1.82) is 0 Å². The first-order chi connectivity index (χ1) is 12.4. The standard InChI is InChI=1S/C19H15BrN2O4/c1-2-19(12-8-4-3-5-9-12)16(24)21-18(26)22(17(19)25)15(23)13-10-6-7-11-14(13)20/h3-11H,2H2,1H3,(H,21,24,26). The van der Waals surface area contributed by atoms with Gasteiger partial charge in [-0.2, -0.15) is 4.90 Å². The second-order valence-electron chi connectivity index (χ2n) is 5.81. The van der Waals surface area contributed by atoms with Crippen molar-refractivity contribution < 1.29 is 19.2 Å². The van der Waals surface area contributed by atoms with Gasteiger partial charge < -0.3 is 0 Å². The van der Waals surface area contributed by atoms with Crippen LogP contribution in [0.15, 0.2) is 59.1 Å². The molecule has 132 valence electrons. The number of hydrogen-bond acceptors (Lipinski definition) is 4. The summed E-state index contributed by atoms with van der Waals surface area (Å²) in [4.78, 5) is 51.6. The molecule has 2 aromatic carbocycles. The number of urea groups is 1. The minimum atomic E-state index is -1.63. The van der Waals surface area contributed by atoms with Crippen molar-refractivity contribution in [3.05, 3.63) is 70.2 Å². The largest absolute Gasteiger partial charge is 0.338 e. The third-order valence-electron chi connectivity index (χ3n) is 4.48. The van der Waals surface area contributed by atoms with Crippen LogP contribution in [0.4, 0.5) is 4.79 Å². The summed E-state index contributed by atoms with van der Waals surface area (Å²) >= 11 is 3.25. The molecule has 0 bridgehead atoms. The van der Waals surface area contributed by atoms with E-state index in [1.54, 1.807) is 55.5 Å². The van der Waals surface area contributed by atoms with Crippen LogP contribution >= 0.6 is 15.9 Å². The molecule has 0 aromatic heterocycles. The van der Waals surface area contributed by atoms with Gasteiger partial charge in [-0.15, -0.1) is 0 Å². The van der Waals surface area contributed by atoms with Crippen LogP contribution in [0, 0.1) is 0 Å². The Morgan fingerprint density at radius 2 is 1.65 bits per heavy atom. The fourth-order valence-electron chi connectivity index (χ4n) is 3.07. The lowest BCUT2D eigenvalue weighted by atomic mass is 9.74. The third kappa shape index (κ3) is 2.64. The molecule has 2 aromatic rings. The zero-order valence-electron chi connectivity index (χ0n) is 13.9. The monoisotopic (exact) mass is 414 g/mol. The third-order valence-corrected chi connectivity index (χ3v) is 5.18. The molecule has 5 amide bonds. The summed E-state index contributed by atoms with van der Waals surface area (Å²) < 4.78 is 0.448. The van der Waals surface area contributed by atoms with Gasteiger partial charge in [-0.05, 0) is 40.0 Å². The molecule has 1 aliphatic heterocycles. The molecule has 7 heteroatoms. The van der Waals surface area contributed by atoms with Gasteiger partial charge in [0.25, 0.3) is 11.8 Å². The first-order valence-corrected chi connectivity index (χ1v) is 8.77. The highest BCUT2D eigenvalue weighted by Crippen LogP contribution is 2.34. The molecule has 26 heavy (non-hydrogen) atoms. The number of hydrogen-bond donors (Lipinski definition) is 1. The van der Waals surface area contributed by atoms with Crippen molar-refractivity contribution in [3.63, 3.8) is 0 Å². The predicted octanol–water partition coefficient (Wildman–Crippen LogP) is 3.02. The quantitative estimate of drug-likeness (QED) is 0.617. The number of amides is 5. The van der Waals surface area contributed by atoms with E-state index in [4.69, 9.17) is 0 Å². The Balaban J connectivity index is 2.12. The Bertz CT molecular complexity index is 913. The van der Waals surface area contributed by atoms with Gasteiger partial charge >= 0.3 is 6.03 Å². The molecule has 3 rings (SSSR count). The number of barbiturate groups is 1.